The fourth-order valence-corrected chi connectivity index (χ4v) is 4.59. The van der Waals surface area contributed by atoms with Crippen LogP contribution in [-0.2, 0) is 0 Å². The summed E-state index contributed by atoms with van der Waals surface area (Å²) >= 11 is 11.7. The second kappa shape index (κ2) is 5.42. The van der Waals surface area contributed by atoms with E-state index >= 15 is 0 Å². The Morgan fingerprint density at radius 3 is 2.30 bits per heavy atom. The number of rotatable bonds is 2. The van der Waals surface area contributed by atoms with Gasteiger partial charge in [-0.3, -0.25) is 0 Å². The molecule has 4 nitrogen and oxygen atoms in total. The van der Waals surface area contributed by atoms with Crippen LogP contribution in [0.25, 0.3) is 11.0 Å². The number of aliphatic hydroxyl groups is 1. The molecule has 20 heavy (non-hydrogen) atoms. The average Bonchev–Trinajstić information content (AvgIpc) is 2.90. The van der Waals surface area contributed by atoms with Crippen LogP contribution in [0.5, 0.6) is 0 Å². The van der Waals surface area contributed by atoms with Crippen molar-refractivity contribution < 1.29 is 5.11 Å². The molecule has 0 spiro atoms. The van der Waals surface area contributed by atoms with Crippen LogP contribution >= 0.6 is 59.1 Å². The third-order valence-electron chi connectivity index (χ3n) is 2.86. The molecule has 0 radical (unpaired) electrons. The van der Waals surface area contributed by atoms with E-state index in [1.165, 1.54) is 11.3 Å². The number of imidazole rings is 1. The summed E-state index contributed by atoms with van der Waals surface area (Å²) in [4.78, 5) is 17.5. The molecule has 104 valence electrons. The highest BCUT2D eigenvalue weighted by molar-refractivity contribution is 9.13. The molecular weight excluding hydrogens is 476 g/mol. The first-order valence-corrected chi connectivity index (χ1v) is 8.69. The minimum absolute atomic E-state index is 0.264. The van der Waals surface area contributed by atoms with Crippen LogP contribution in [0.4, 0.5) is 0 Å². The smallest absolute Gasteiger partial charge is 0.323 e. The molecule has 0 saturated carbocycles. The molecule has 2 aromatic heterocycles. The molecule has 3 rings (SSSR count). The second-order valence-corrected chi connectivity index (χ2v) is 8.28. The van der Waals surface area contributed by atoms with Gasteiger partial charge in [-0.25, -0.2) is 4.79 Å². The summed E-state index contributed by atoms with van der Waals surface area (Å²) in [6.07, 6.45) is -0.764. The molecule has 0 bridgehead atoms. The topological polar surface area (TPSA) is 68.9 Å². The zero-order valence-electron chi connectivity index (χ0n) is 9.71. The van der Waals surface area contributed by atoms with E-state index in [1.54, 1.807) is 12.1 Å². The summed E-state index contributed by atoms with van der Waals surface area (Å²) in [5.41, 5.74) is 1.81. The van der Waals surface area contributed by atoms with Gasteiger partial charge in [-0.15, -0.1) is 11.3 Å². The number of aromatic amines is 2. The quantitative estimate of drug-likeness (QED) is 0.510. The summed E-state index contributed by atoms with van der Waals surface area (Å²) in [6.45, 7) is 0. The van der Waals surface area contributed by atoms with Crippen molar-refractivity contribution >= 4 is 70.2 Å². The number of H-pyrrole nitrogens is 2. The Bertz CT molecular complexity index is 833. The summed E-state index contributed by atoms with van der Waals surface area (Å²) in [5.74, 6) is 0. The Hall–Kier alpha value is -0.410. The van der Waals surface area contributed by atoms with Gasteiger partial charge in [0.2, 0.25) is 0 Å². The molecule has 0 amide bonds. The van der Waals surface area contributed by atoms with E-state index in [0.29, 0.717) is 16.6 Å². The van der Waals surface area contributed by atoms with Crippen molar-refractivity contribution in [1.82, 2.24) is 9.97 Å². The van der Waals surface area contributed by atoms with Crippen LogP contribution in [-0.4, -0.2) is 15.1 Å². The van der Waals surface area contributed by atoms with E-state index in [4.69, 9.17) is 0 Å². The third kappa shape index (κ3) is 2.55. The largest absolute Gasteiger partial charge is 0.383 e. The minimum atomic E-state index is -0.764. The highest BCUT2D eigenvalue weighted by Gasteiger charge is 2.18. The lowest BCUT2D eigenvalue weighted by atomic mass is 10.1. The predicted octanol–water partition coefficient (Wildman–Crippen LogP) is 4.29. The highest BCUT2D eigenvalue weighted by Crippen LogP contribution is 2.39. The third-order valence-corrected chi connectivity index (χ3v) is 6.86. The molecule has 1 aromatic carbocycles. The van der Waals surface area contributed by atoms with E-state index in [1.807, 2.05) is 6.07 Å². The fraction of sp³-hybridized carbons (Fsp3) is 0.0833. The lowest BCUT2D eigenvalue weighted by molar-refractivity contribution is 0.223. The van der Waals surface area contributed by atoms with Gasteiger partial charge in [0, 0.05) is 19.4 Å². The molecule has 0 fully saturated rings. The van der Waals surface area contributed by atoms with E-state index in [-0.39, 0.29) is 5.69 Å². The predicted molar refractivity (Wildman–Crippen MR) is 90.4 cm³/mol. The van der Waals surface area contributed by atoms with Gasteiger partial charge >= 0.3 is 5.69 Å². The van der Waals surface area contributed by atoms with Gasteiger partial charge in [0.05, 0.1) is 14.8 Å². The highest BCUT2D eigenvalue weighted by atomic mass is 79.9. The molecule has 8 heteroatoms. The molecule has 1 unspecified atom stereocenters. The average molecular weight is 483 g/mol. The maximum Gasteiger partial charge on any atom is 0.323 e. The van der Waals surface area contributed by atoms with E-state index < -0.39 is 6.10 Å². The van der Waals surface area contributed by atoms with Gasteiger partial charge in [-0.2, -0.15) is 0 Å². The first-order chi connectivity index (χ1) is 9.45. The molecule has 1 atom stereocenters. The molecule has 3 N–H and O–H groups in total. The van der Waals surface area contributed by atoms with E-state index in [9.17, 15) is 9.90 Å². The van der Waals surface area contributed by atoms with Crippen molar-refractivity contribution in [3.63, 3.8) is 0 Å². The monoisotopic (exact) mass is 480 g/mol. The Morgan fingerprint density at radius 2 is 1.70 bits per heavy atom. The normalized spacial score (nSPS) is 13.0. The summed E-state index contributed by atoms with van der Waals surface area (Å²) in [7, 11) is 0. The number of aliphatic hydroxyl groups excluding tert-OH is 1. The fourth-order valence-electron chi connectivity index (χ4n) is 1.93. The molecule has 0 aliphatic rings. The van der Waals surface area contributed by atoms with Crippen LogP contribution in [0.3, 0.4) is 0 Å². The maximum absolute atomic E-state index is 11.3. The first-order valence-electron chi connectivity index (χ1n) is 5.50. The molecule has 0 aliphatic heterocycles. The van der Waals surface area contributed by atoms with Gasteiger partial charge < -0.3 is 15.1 Å². The molecule has 0 aliphatic carbocycles. The van der Waals surface area contributed by atoms with Gasteiger partial charge in [0.1, 0.15) is 6.10 Å². The zero-order chi connectivity index (χ0) is 14.4. The molecule has 0 saturated heterocycles. The number of hydrogen-bond acceptors (Lipinski definition) is 3. The van der Waals surface area contributed by atoms with Crippen molar-refractivity contribution in [1.29, 1.82) is 0 Å². The Labute approximate surface area is 142 Å². The van der Waals surface area contributed by atoms with E-state index in [0.717, 1.165) is 17.6 Å². The summed E-state index contributed by atoms with van der Waals surface area (Å²) < 4.78 is 2.58. The van der Waals surface area contributed by atoms with Gasteiger partial charge in [0.25, 0.3) is 0 Å². The standard InChI is InChI=1S/C12H7Br3N2O2S/c13-5-2-8-7(16-12(19)17-8)1-4(5)10(18)9-3-6(14)11(15)20-9/h1-3,10,18H,(H2,16,17,19). The minimum Gasteiger partial charge on any atom is -0.383 e. The van der Waals surface area contributed by atoms with Crippen LogP contribution in [0.15, 0.2) is 35.7 Å². The first kappa shape index (κ1) is 14.5. The van der Waals surface area contributed by atoms with Crippen molar-refractivity contribution in [2.75, 3.05) is 0 Å². The number of aromatic nitrogens is 2. The number of halogens is 3. The lowest BCUT2D eigenvalue weighted by Gasteiger charge is -2.11. The van der Waals surface area contributed by atoms with Crippen molar-refractivity contribution in [3.8, 4) is 0 Å². The van der Waals surface area contributed by atoms with Crippen LogP contribution < -0.4 is 5.69 Å². The van der Waals surface area contributed by atoms with Gasteiger partial charge in [-0.05, 0) is 50.1 Å². The summed E-state index contributed by atoms with van der Waals surface area (Å²) in [6, 6.07) is 5.42. The SMILES string of the molecule is O=c1[nH]c2cc(Br)c(C(O)c3cc(Br)c(Br)s3)cc2[nH]1. The summed E-state index contributed by atoms with van der Waals surface area (Å²) in [5, 5.41) is 10.5. The number of nitrogens with one attached hydrogen (secondary N) is 2. The number of thiophene rings is 1. The van der Waals surface area contributed by atoms with Crippen LogP contribution in [0.2, 0.25) is 0 Å². The van der Waals surface area contributed by atoms with Crippen LogP contribution in [0.1, 0.15) is 16.5 Å². The number of benzene rings is 1. The molecule has 3 aromatic rings. The lowest BCUT2D eigenvalue weighted by Crippen LogP contribution is -1.99. The van der Waals surface area contributed by atoms with Crippen molar-refractivity contribution in [3.05, 3.63) is 51.9 Å². The molecular formula is C12H7Br3N2O2S. The van der Waals surface area contributed by atoms with Crippen molar-refractivity contribution in [2.45, 2.75) is 6.10 Å². The Kier molecular flexibility index (Phi) is 3.93. The zero-order valence-corrected chi connectivity index (χ0v) is 15.3. The number of hydrogen-bond donors (Lipinski definition) is 3. The van der Waals surface area contributed by atoms with E-state index in [2.05, 4.69) is 57.8 Å². The van der Waals surface area contributed by atoms with Gasteiger partial charge in [0.15, 0.2) is 0 Å². The van der Waals surface area contributed by atoms with Crippen molar-refractivity contribution in [2.24, 2.45) is 0 Å². The number of fused-ring (bicyclic) bond motifs is 1. The maximum atomic E-state index is 11.3. The van der Waals surface area contributed by atoms with Crippen LogP contribution in [0, 0.1) is 0 Å². The second-order valence-electron chi connectivity index (χ2n) is 4.17. The molecule has 2 heterocycles. The Morgan fingerprint density at radius 1 is 1.05 bits per heavy atom. The Balaban J connectivity index is 2.12. The van der Waals surface area contributed by atoms with Gasteiger partial charge in [-0.1, -0.05) is 15.9 Å².